The molecule has 1 unspecified atom stereocenters. The maximum atomic E-state index is 5.95. The van der Waals surface area contributed by atoms with Crippen LogP contribution in [0.5, 0.6) is 5.75 Å². The third-order valence-corrected chi connectivity index (χ3v) is 3.23. The average molecular weight is 296 g/mol. The van der Waals surface area contributed by atoms with Gasteiger partial charge in [0.25, 0.3) is 0 Å². The van der Waals surface area contributed by atoms with Gasteiger partial charge in [0.15, 0.2) is 5.75 Å². The molecule has 6 nitrogen and oxygen atoms in total. The van der Waals surface area contributed by atoms with E-state index in [9.17, 15) is 0 Å². The molecular formula is C13H18ClN5O. The molecule has 0 aliphatic rings. The summed E-state index contributed by atoms with van der Waals surface area (Å²) >= 11 is 5.95. The Bertz CT molecular complexity index is 572. The molecule has 2 aromatic heterocycles. The lowest BCUT2D eigenvalue weighted by molar-refractivity contribution is 0.398. The first-order chi connectivity index (χ1) is 9.71. The molecule has 2 rings (SSSR count). The van der Waals surface area contributed by atoms with Crippen molar-refractivity contribution in [1.82, 2.24) is 20.2 Å². The molecule has 0 amide bonds. The van der Waals surface area contributed by atoms with Crippen LogP contribution >= 0.6 is 11.6 Å². The van der Waals surface area contributed by atoms with E-state index in [1.54, 1.807) is 25.6 Å². The number of hydrogen-bond donors (Lipinski definition) is 2. The number of hydrazine groups is 1. The normalized spacial score (nSPS) is 12.4. The van der Waals surface area contributed by atoms with Crippen molar-refractivity contribution < 1.29 is 4.74 Å². The summed E-state index contributed by atoms with van der Waals surface area (Å²) in [6.45, 7) is 2.88. The van der Waals surface area contributed by atoms with E-state index in [1.807, 2.05) is 10.7 Å². The van der Waals surface area contributed by atoms with Crippen LogP contribution in [0.2, 0.25) is 5.15 Å². The Hall–Kier alpha value is -1.63. The molecule has 108 valence electrons. The van der Waals surface area contributed by atoms with Crippen LogP contribution in [0.4, 0.5) is 0 Å². The molecule has 0 saturated carbocycles. The number of nitrogens with two attached hydrogens (primary N) is 1. The highest BCUT2D eigenvalue weighted by atomic mass is 35.5. The number of rotatable bonds is 6. The molecule has 2 aromatic rings. The van der Waals surface area contributed by atoms with Gasteiger partial charge in [-0.3, -0.25) is 10.5 Å². The van der Waals surface area contributed by atoms with Crippen molar-refractivity contribution in [3.8, 4) is 5.75 Å². The summed E-state index contributed by atoms with van der Waals surface area (Å²) in [6, 6.07) is 3.37. The van der Waals surface area contributed by atoms with Crippen molar-refractivity contribution in [3.63, 3.8) is 0 Å². The van der Waals surface area contributed by atoms with Crippen LogP contribution in [-0.4, -0.2) is 21.9 Å². The minimum absolute atomic E-state index is 0.264. The quantitative estimate of drug-likeness (QED) is 0.483. The maximum Gasteiger partial charge on any atom is 0.161 e. The van der Waals surface area contributed by atoms with Gasteiger partial charge < -0.3 is 4.74 Å². The number of methoxy groups -OCH3 is 1. The Labute approximate surface area is 122 Å². The lowest BCUT2D eigenvalue weighted by Crippen LogP contribution is -2.31. The summed E-state index contributed by atoms with van der Waals surface area (Å²) in [6.07, 6.45) is 4.30. The molecule has 3 N–H and O–H groups in total. The van der Waals surface area contributed by atoms with Crippen LogP contribution in [0.15, 0.2) is 24.5 Å². The molecule has 0 aliphatic heterocycles. The van der Waals surface area contributed by atoms with Crippen molar-refractivity contribution in [2.45, 2.75) is 25.9 Å². The maximum absolute atomic E-state index is 5.95. The fourth-order valence-corrected chi connectivity index (χ4v) is 2.33. The zero-order valence-electron chi connectivity index (χ0n) is 11.5. The molecule has 0 spiro atoms. The van der Waals surface area contributed by atoms with Crippen molar-refractivity contribution in [3.05, 3.63) is 40.9 Å². The van der Waals surface area contributed by atoms with Gasteiger partial charge in [-0.05, 0) is 24.1 Å². The lowest BCUT2D eigenvalue weighted by Gasteiger charge is -2.19. The van der Waals surface area contributed by atoms with E-state index in [2.05, 4.69) is 22.4 Å². The van der Waals surface area contributed by atoms with E-state index in [4.69, 9.17) is 22.2 Å². The smallest absolute Gasteiger partial charge is 0.161 e. The predicted molar refractivity (Wildman–Crippen MR) is 77.5 cm³/mol. The Morgan fingerprint density at radius 2 is 2.35 bits per heavy atom. The molecule has 20 heavy (non-hydrogen) atoms. The molecule has 2 heterocycles. The average Bonchev–Trinajstić information content (AvgIpc) is 2.84. The summed E-state index contributed by atoms with van der Waals surface area (Å²) in [7, 11) is 1.61. The van der Waals surface area contributed by atoms with Crippen molar-refractivity contribution in [2.75, 3.05) is 7.11 Å². The topological polar surface area (TPSA) is 78.0 Å². The van der Waals surface area contributed by atoms with E-state index in [1.165, 1.54) is 0 Å². The van der Waals surface area contributed by atoms with Crippen molar-refractivity contribution in [1.29, 1.82) is 0 Å². The largest absolute Gasteiger partial charge is 0.493 e. The summed E-state index contributed by atoms with van der Waals surface area (Å²) in [5, 5.41) is 4.76. The molecule has 0 aliphatic carbocycles. The molecule has 0 saturated heterocycles. The number of hydrogen-bond acceptors (Lipinski definition) is 5. The number of ether oxygens (including phenoxy) is 1. The van der Waals surface area contributed by atoms with Crippen LogP contribution in [-0.2, 0) is 6.54 Å². The van der Waals surface area contributed by atoms with E-state index in [0.717, 1.165) is 24.2 Å². The summed E-state index contributed by atoms with van der Waals surface area (Å²) in [5.74, 6) is 6.41. The fraction of sp³-hybridized carbons (Fsp3) is 0.385. The monoisotopic (exact) mass is 295 g/mol. The highest BCUT2D eigenvalue weighted by Crippen LogP contribution is 2.30. The third kappa shape index (κ3) is 2.92. The highest BCUT2D eigenvalue weighted by molar-refractivity contribution is 6.29. The van der Waals surface area contributed by atoms with E-state index in [0.29, 0.717) is 10.9 Å². The second-order valence-electron chi connectivity index (χ2n) is 4.33. The minimum Gasteiger partial charge on any atom is -0.493 e. The second-order valence-corrected chi connectivity index (χ2v) is 4.72. The molecule has 0 aromatic carbocycles. The molecule has 0 radical (unpaired) electrons. The summed E-state index contributed by atoms with van der Waals surface area (Å²) in [4.78, 5) is 3.98. The van der Waals surface area contributed by atoms with Gasteiger partial charge in [0.2, 0.25) is 0 Å². The number of aryl methyl sites for hydroxylation is 1. The van der Waals surface area contributed by atoms with E-state index < -0.39 is 0 Å². The predicted octanol–water partition coefficient (Wildman–Crippen LogP) is 1.90. The first kappa shape index (κ1) is 14.8. The van der Waals surface area contributed by atoms with Crippen LogP contribution in [0, 0.1) is 0 Å². The Morgan fingerprint density at radius 1 is 1.55 bits per heavy atom. The molecular weight excluding hydrogens is 278 g/mol. The Balaban J connectivity index is 2.48. The second kappa shape index (κ2) is 6.69. The number of pyridine rings is 1. The van der Waals surface area contributed by atoms with Crippen LogP contribution < -0.4 is 16.0 Å². The summed E-state index contributed by atoms with van der Waals surface area (Å²) in [5.41, 5.74) is 4.57. The lowest BCUT2D eigenvalue weighted by atomic mass is 10.1. The van der Waals surface area contributed by atoms with Gasteiger partial charge in [0.05, 0.1) is 19.3 Å². The van der Waals surface area contributed by atoms with E-state index in [-0.39, 0.29) is 6.04 Å². The van der Waals surface area contributed by atoms with Gasteiger partial charge >= 0.3 is 0 Å². The Morgan fingerprint density at radius 3 is 2.95 bits per heavy atom. The zero-order valence-corrected chi connectivity index (χ0v) is 12.3. The van der Waals surface area contributed by atoms with Crippen LogP contribution in [0.3, 0.4) is 0 Å². The standard InChI is InChI=1S/C13H18ClN5O/c1-3-6-19-13(10(20-2)8-17-19)12(18-15)9-4-5-16-11(14)7-9/h4-5,7-8,12,18H,3,6,15H2,1-2H3. The highest BCUT2D eigenvalue weighted by Gasteiger charge is 2.22. The van der Waals surface area contributed by atoms with Gasteiger partial charge in [0.1, 0.15) is 10.8 Å². The number of nitrogens with zero attached hydrogens (tertiary/aromatic N) is 3. The zero-order chi connectivity index (χ0) is 14.5. The van der Waals surface area contributed by atoms with Gasteiger partial charge in [-0.15, -0.1) is 0 Å². The van der Waals surface area contributed by atoms with Crippen LogP contribution in [0.25, 0.3) is 0 Å². The number of halogens is 1. The number of nitrogens with one attached hydrogen (secondary N) is 1. The van der Waals surface area contributed by atoms with Gasteiger partial charge in [-0.1, -0.05) is 18.5 Å². The molecule has 1 atom stereocenters. The fourth-order valence-electron chi connectivity index (χ4n) is 2.15. The minimum atomic E-state index is -0.264. The summed E-state index contributed by atoms with van der Waals surface area (Å²) < 4.78 is 7.27. The SMILES string of the molecule is CCCn1ncc(OC)c1C(NN)c1ccnc(Cl)c1. The number of aromatic nitrogens is 3. The molecule has 0 bridgehead atoms. The van der Waals surface area contributed by atoms with Gasteiger partial charge in [0, 0.05) is 12.7 Å². The van der Waals surface area contributed by atoms with Crippen molar-refractivity contribution >= 4 is 11.6 Å². The van der Waals surface area contributed by atoms with Crippen LogP contribution in [0.1, 0.15) is 30.6 Å². The Kier molecular flexibility index (Phi) is 4.94. The van der Waals surface area contributed by atoms with E-state index >= 15 is 0 Å². The first-order valence-corrected chi connectivity index (χ1v) is 6.76. The van der Waals surface area contributed by atoms with Crippen molar-refractivity contribution in [2.24, 2.45) is 5.84 Å². The molecule has 7 heteroatoms. The first-order valence-electron chi connectivity index (χ1n) is 6.38. The van der Waals surface area contributed by atoms with Gasteiger partial charge in [-0.2, -0.15) is 5.10 Å². The van der Waals surface area contributed by atoms with Gasteiger partial charge in [-0.25, -0.2) is 10.4 Å². The molecule has 0 fully saturated rings. The third-order valence-electron chi connectivity index (χ3n) is 3.02.